The number of anilines is 1. The molecule has 0 saturated carbocycles. The van der Waals surface area contributed by atoms with Crippen molar-refractivity contribution in [1.29, 1.82) is 0 Å². The molecule has 3 N–H and O–H groups in total. The van der Waals surface area contributed by atoms with Crippen molar-refractivity contribution in [1.82, 2.24) is 5.32 Å². The summed E-state index contributed by atoms with van der Waals surface area (Å²) >= 11 is 5.37. The fraction of sp³-hybridized carbons (Fsp3) is 0.286. The predicted octanol–water partition coefficient (Wildman–Crippen LogP) is 1.19. The molecular weight excluding hydrogens is 274 g/mol. The zero-order valence-corrected chi connectivity index (χ0v) is 12.1. The van der Waals surface area contributed by atoms with Crippen LogP contribution in [0.5, 0.6) is 5.75 Å². The number of nitrogens with zero attached hydrogens (tertiary/aromatic N) is 1. The minimum Gasteiger partial charge on any atom is -0.477 e. The number of benzene rings is 1. The zero-order chi connectivity index (χ0) is 14.7. The maximum atomic E-state index is 11.4. The molecule has 1 aromatic rings. The standard InChI is InChI=1S/C14H17N3O2S/c1-9(2)7-16-14(20)17-8-12(13(15)18)19-11-6-4-3-5-10(11)17/h3-6,12H,1,7-8H2,2H3,(H2,15,18)(H,16,20). The molecule has 106 valence electrons. The van der Waals surface area contributed by atoms with Gasteiger partial charge in [-0.1, -0.05) is 24.3 Å². The van der Waals surface area contributed by atoms with Crippen LogP contribution < -0.4 is 20.7 Å². The molecule has 0 spiro atoms. The van der Waals surface area contributed by atoms with Crippen LogP contribution >= 0.6 is 12.2 Å². The van der Waals surface area contributed by atoms with Crippen molar-refractivity contribution < 1.29 is 9.53 Å². The van der Waals surface area contributed by atoms with E-state index in [0.717, 1.165) is 11.3 Å². The lowest BCUT2D eigenvalue weighted by Gasteiger charge is -2.35. The average molecular weight is 291 g/mol. The van der Waals surface area contributed by atoms with Gasteiger partial charge in [0.2, 0.25) is 0 Å². The average Bonchev–Trinajstić information content (AvgIpc) is 2.43. The van der Waals surface area contributed by atoms with Crippen molar-refractivity contribution in [2.75, 3.05) is 18.0 Å². The molecule has 2 rings (SSSR count). The highest BCUT2D eigenvalue weighted by atomic mass is 32.1. The molecule has 1 atom stereocenters. The smallest absolute Gasteiger partial charge is 0.260 e. The summed E-state index contributed by atoms with van der Waals surface area (Å²) in [5, 5.41) is 3.63. The van der Waals surface area contributed by atoms with Crippen LogP contribution in [0.1, 0.15) is 6.92 Å². The van der Waals surface area contributed by atoms with E-state index in [1.54, 1.807) is 6.07 Å². The van der Waals surface area contributed by atoms with Gasteiger partial charge in [0.15, 0.2) is 11.2 Å². The summed E-state index contributed by atoms with van der Waals surface area (Å²) in [6.07, 6.45) is -0.713. The van der Waals surface area contributed by atoms with Crippen LogP contribution in [0, 0.1) is 0 Å². The predicted molar refractivity (Wildman–Crippen MR) is 82.8 cm³/mol. The van der Waals surface area contributed by atoms with Gasteiger partial charge in [-0.2, -0.15) is 0 Å². The third kappa shape index (κ3) is 3.08. The van der Waals surface area contributed by atoms with Gasteiger partial charge in [0.1, 0.15) is 5.75 Å². The first-order chi connectivity index (χ1) is 9.49. The van der Waals surface area contributed by atoms with E-state index < -0.39 is 12.0 Å². The Kier molecular flexibility index (Phi) is 4.24. The molecule has 0 fully saturated rings. The van der Waals surface area contributed by atoms with Gasteiger partial charge in [-0.15, -0.1) is 0 Å². The van der Waals surface area contributed by atoms with Crippen LogP contribution in [0.4, 0.5) is 5.69 Å². The van der Waals surface area contributed by atoms with Gasteiger partial charge >= 0.3 is 0 Å². The van der Waals surface area contributed by atoms with Gasteiger partial charge in [-0.05, 0) is 31.3 Å². The van der Waals surface area contributed by atoms with Crippen molar-refractivity contribution in [3.63, 3.8) is 0 Å². The molecule has 5 nitrogen and oxygen atoms in total. The molecule has 0 saturated heterocycles. The van der Waals surface area contributed by atoms with E-state index in [1.165, 1.54) is 0 Å². The number of hydrogen-bond acceptors (Lipinski definition) is 3. The Morgan fingerprint density at radius 3 is 2.95 bits per heavy atom. The van der Waals surface area contributed by atoms with E-state index in [4.69, 9.17) is 22.7 Å². The number of nitrogens with two attached hydrogens (primary N) is 1. The molecule has 0 aliphatic carbocycles. The number of hydrogen-bond donors (Lipinski definition) is 2. The normalized spacial score (nSPS) is 16.9. The Labute approximate surface area is 123 Å². The second kappa shape index (κ2) is 5.92. The first-order valence-corrected chi connectivity index (χ1v) is 6.64. The quantitative estimate of drug-likeness (QED) is 0.647. The molecule has 1 aliphatic rings. The third-order valence-corrected chi connectivity index (χ3v) is 3.24. The first-order valence-electron chi connectivity index (χ1n) is 6.24. The van der Waals surface area contributed by atoms with Crippen molar-refractivity contribution in [3.05, 3.63) is 36.4 Å². The monoisotopic (exact) mass is 291 g/mol. The van der Waals surface area contributed by atoms with Crippen LogP contribution in [0.15, 0.2) is 36.4 Å². The summed E-state index contributed by atoms with van der Waals surface area (Å²) in [6.45, 7) is 6.61. The Balaban J connectivity index is 2.24. The fourth-order valence-electron chi connectivity index (χ4n) is 1.90. The number of fused-ring (bicyclic) bond motifs is 1. The first kappa shape index (κ1) is 14.3. The maximum absolute atomic E-state index is 11.4. The fourth-order valence-corrected chi connectivity index (χ4v) is 2.14. The number of primary amides is 1. The highest BCUT2D eigenvalue weighted by Gasteiger charge is 2.30. The number of amides is 1. The number of ether oxygens (including phenoxy) is 1. The molecular formula is C14H17N3O2S. The van der Waals surface area contributed by atoms with Crippen molar-refractivity contribution in [2.45, 2.75) is 13.0 Å². The highest BCUT2D eigenvalue weighted by Crippen LogP contribution is 2.33. The third-order valence-electron chi connectivity index (χ3n) is 2.88. The van der Waals surface area contributed by atoms with E-state index in [-0.39, 0.29) is 0 Å². The Bertz CT molecular complexity index is 559. The van der Waals surface area contributed by atoms with Crippen molar-refractivity contribution in [3.8, 4) is 5.75 Å². The number of nitrogens with one attached hydrogen (secondary N) is 1. The Morgan fingerprint density at radius 1 is 1.60 bits per heavy atom. The molecule has 1 unspecified atom stereocenters. The molecule has 20 heavy (non-hydrogen) atoms. The van der Waals surface area contributed by atoms with E-state index in [2.05, 4.69) is 11.9 Å². The van der Waals surface area contributed by atoms with Gasteiger partial charge in [-0.25, -0.2) is 0 Å². The van der Waals surface area contributed by atoms with E-state index in [9.17, 15) is 4.79 Å². The zero-order valence-electron chi connectivity index (χ0n) is 11.3. The largest absolute Gasteiger partial charge is 0.477 e. The van der Waals surface area contributed by atoms with E-state index in [0.29, 0.717) is 24.0 Å². The number of rotatable bonds is 3. The van der Waals surface area contributed by atoms with Crippen LogP contribution in [0.2, 0.25) is 0 Å². The van der Waals surface area contributed by atoms with Crippen LogP contribution in [-0.4, -0.2) is 30.2 Å². The molecule has 0 aromatic heterocycles. The number of thiocarbonyl (C=S) groups is 1. The van der Waals surface area contributed by atoms with Gasteiger partial charge in [-0.3, -0.25) is 4.79 Å². The van der Waals surface area contributed by atoms with E-state index >= 15 is 0 Å². The van der Waals surface area contributed by atoms with Crippen LogP contribution in [0.3, 0.4) is 0 Å². The second-order valence-electron chi connectivity index (χ2n) is 4.70. The van der Waals surface area contributed by atoms with E-state index in [1.807, 2.05) is 30.0 Å². The lowest BCUT2D eigenvalue weighted by atomic mass is 10.2. The lowest BCUT2D eigenvalue weighted by Crippen LogP contribution is -2.52. The number of carbonyl (C=O) groups is 1. The van der Waals surface area contributed by atoms with Crippen molar-refractivity contribution >= 4 is 28.9 Å². The second-order valence-corrected chi connectivity index (χ2v) is 5.09. The van der Waals surface area contributed by atoms with Gasteiger partial charge in [0, 0.05) is 6.54 Å². The molecule has 1 heterocycles. The summed E-state index contributed by atoms with van der Waals surface area (Å²) in [5.74, 6) is 0.0919. The summed E-state index contributed by atoms with van der Waals surface area (Å²) in [4.78, 5) is 13.2. The SMILES string of the molecule is C=C(C)CNC(=S)N1CC(C(N)=O)Oc2ccccc21. The Morgan fingerprint density at radius 2 is 2.30 bits per heavy atom. The topological polar surface area (TPSA) is 67.6 Å². The summed E-state index contributed by atoms with van der Waals surface area (Å²) in [7, 11) is 0. The molecule has 0 radical (unpaired) electrons. The molecule has 1 amide bonds. The molecule has 6 heteroatoms. The minimum absolute atomic E-state index is 0.300. The van der Waals surface area contributed by atoms with Gasteiger partial charge in [0.05, 0.1) is 12.2 Å². The summed E-state index contributed by atoms with van der Waals surface area (Å²) < 4.78 is 5.58. The number of para-hydroxylation sites is 2. The highest BCUT2D eigenvalue weighted by molar-refractivity contribution is 7.80. The summed E-state index contributed by atoms with van der Waals surface area (Å²) in [5.41, 5.74) is 7.14. The Hall–Kier alpha value is -2.08. The van der Waals surface area contributed by atoms with Crippen LogP contribution in [0.25, 0.3) is 0 Å². The van der Waals surface area contributed by atoms with Crippen LogP contribution in [-0.2, 0) is 4.79 Å². The molecule has 1 aliphatic heterocycles. The molecule has 1 aromatic carbocycles. The molecule has 0 bridgehead atoms. The summed E-state index contributed by atoms with van der Waals surface area (Å²) in [6, 6.07) is 7.41. The van der Waals surface area contributed by atoms with Gasteiger partial charge in [0.25, 0.3) is 5.91 Å². The lowest BCUT2D eigenvalue weighted by molar-refractivity contribution is -0.124. The van der Waals surface area contributed by atoms with Crippen molar-refractivity contribution in [2.24, 2.45) is 5.73 Å². The maximum Gasteiger partial charge on any atom is 0.260 e. The minimum atomic E-state index is -0.713. The number of carbonyl (C=O) groups excluding carboxylic acids is 1. The van der Waals surface area contributed by atoms with Gasteiger partial charge < -0.3 is 20.7 Å².